The van der Waals surface area contributed by atoms with Gasteiger partial charge in [-0.25, -0.2) is 0 Å². The van der Waals surface area contributed by atoms with Gasteiger partial charge in [0.1, 0.15) is 5.76 Å². The number of hydrogen-bond donors (Lipinski definition) is 1. The first-order valence-corrected chi connectivity index (χ1v) is 12.4. The summed E-state index contributed by atoms with van der Waals surface area (Å²) in [5.74, 6) is 1.34. The number of nitrogens with zero attached hydrogens (tertiary/aromatic N) is 3. The van der Waals surface area contributed by atoms with Crippen LogP contribution in [0.2, 0.25) is 5.02 Å². The Hall–Kier alpha value is -2.55. The van der Waals surface area contributed by atoms with Crippen molar-refractivity contribution in [3.63, 3.8) is 0 Å². The number of anilines is 1. The van der Waals surface area contributed by atoms with Gasteiger partial charge in [0.15, 0.2) is 0 Å². The lowest BCUT2D eigenvalue weighted by Crippen LogP contribution is -2.52. The summed E-state index contributed by atoms with van der Waals surface area (Å²) in [5, 5.41) is 7.62. The van der Waals surface area contributed by atoms with Crippen LogP contribution in [0.5, 0.6) is 0 Å². The number of benzene rings is 1. The number of thioether (sulfide) groups is 1. The Bertz CT molecular complexity index is 1030. The fourth-order valence-electron chi connectivity index (χ4n) is 3.91. The van der Waals surface area contributed by atoms with Crippen LogP contribution >= 0.6 is 23.4 Å². The maximum Gasteiger partial charge on any atom is 0.238 e. The molecule has 1 aliphatic carbocycles. The molecule has 2 aromatic rings. The van der Waals surface area contributed by atoms with Crippen LogP contribution in [0.3, 0.4) is 0 Å². The molecule has 1 fully saturated rings. The minimum Gasteiger partial charge on any atom is -0.361 e. The zero-order valence-corrected chi connectivity index (χ0v) is 20.0. The van der Waals surface area contributed by atoms with Gasteiger partial charge in [-0.3, -0.25) is 14.5 Å². The summed E-state index contributed by atoms with van der Waals surface area (Å²) < 4.78 is 5.14. The van der Waals surface area contributed by atoms with Gasteiger partial charge in [-0.2, -0.15) is 0 Å². The number of aromatic nitrogens is 1. The number of piperazine rings is 1. The Labute approximate surface area is 202 Å². The zero-order chi connectivity index (χ0) is 23.2. The third-order valence-electron chi connectivity index (χ3n) is 5.65. The second kappa shape index (κ2) is 11.0. The predicted molar refractivity (Wildman–Crippen MR) is 131 cm³/mol. The summed E-state index contributed by atoms with van der Waals surface area (Å²) in [6.45, 7) is 4.73. The van der Waals surface area contributed by atoms with E-state index in [2.05, 4.69) is 21.4 Å². The molecule has 1 aliphatic heterocycles. The molecule has 1 aromatic carbocycles. The molecule has 2 amide bonds. The molecular formula is C24H27ClN4O3S. The number of amides is 2. The Morgan fingerprint density at radius 1 is 1.15 bits per heavy atom. The topological polar surface area (TPSA) is 78.7 Å². The molecular weight excluding hydrogens is 460 g/mol. The fourth-order valence-corrected chi connectivity index (χ4v) is 5.15. The molecule has 1 aromatic heterocycles. The van der Waals surface area contributed by atoms with Gasteiger partial charge in [0.05, 0.1) is 18.2 Å². The molecule has 1 N–H and O–H groups in total. The second-order valence-electron chi connectivity index (χ2n) is 8.16. The SMILES string of the molecule is Cc1cc(CSC2C=CC=CC2C(=O)N2CCN(CC(=O)Nc3ccc(Cl)cc3)CC2)no1. The average Bonchev–Trinajstić information content (AvgIpc) is 3.24. The Balaban J connectivity index is 1.25. The highest BCUT2D eigenvalue weighted by Crippen LogP contribution is 2.30. The van der Waals surface area contributed by atoms with E-state index in [1.165, 1.54) is 0 Å². The number of carbonyl (C=O) groups excluding carboxylic acids is 2. The van der Waals surface area contributed by atoms with Crippen LogP contribution in [0, 0.1) is 12.8 Å². The molecule has 0 bridgehead atoms. The molecule has 9 heteroatoms. The molecule has 1 saturated heterocycles. The van der Waals surface area contributed by atoms with Crippen molar-refractivity contribution in [1.29, 1.82) is 0 Å². The summed E-state index contributed by atoms with van der Waals surface area (Å²) in [5.41, 5.74) is 1.61. The van der Waals surface area contributed by atoms with E-state index in [0.29, 0.717) is 43.5 Å². The van der Waals surface area contributed by atoms with Crippen molar-refractivity contribution in [1.82, 2.24) is 15.0 Å². The molecule has 174 valence electrons. The van der Waals surface area contributed by atoms with Crippen molar-refractivity contribution in [2.24, 2.45) is 5.92 Å². The first-order chi connectivity index (χ1) is 16.0. The number of rotatable bonds is 7. The highest BCUT2D eigenvalue weighted by molar-refractivity contribution is 7.99. The first kappa shape index (κ1) is 23.6. The van der Waals surface area contributed by atoms with Crippen LogP contribution in [-0.4, -0.2) is 64.7 Å². The summed E-state index contributed by atoms with van der Waals surface area (Å²) in [4.78, 5) is 29.6. The third kappa shape index (κ3) is 6.50. The van der Waals surface area contributed by atoms with E-state index in [1.54, 1.807) is 36.0 Å². The fraction of sp³-hybridized carbons (Fsp3) is 0.375. The molecule has 2 atom stereocenters. The number of aryl methyl sites for hydroxylation is 1. The monoisotopic (exact) mass is 486 g/mol. The highest BCUT2D eigenvalue weighted by atomic mass is 35.5. The average molecular weight is 487 g/mol. The summed E-state index contributed by atoms with van der Waals surface area (Å²) in [6, 6.07) is 8.97. The van der Waals surface area contributed by atoms with Gasteiger partial charge in [-0.1, -0.05) is 41.1 Å². The van der Waals surface area contributed by atoms with E-state index < -0.39 is 0 Å². The van der Waals surface area contributed by atoms with E-state index in [0.717, 1.165) is 17.1 Å². The first-order valence-electron chi connectivity index (χ1n) is 10.9. The van der Waals surface area contributed by atoms with Crippen molar-refractivity contribution in [3.05, 3.63) is 71.1 Å². The van der Waals surface area contributed by atoms with Crippen LogP contribution in [-0.2, 0) is 15.3 Å². The molecule has 4 rings (SSSR count). The Kier molecular flexibility index (Phi) is 7.90. The van der Waals surface area contributed by atoms with Crippen molar-refractivity contribution in [2.75, 3.05) is 38.0 Å². The minimum atomic E-state index is -0.201. The summed E-state index contributed by atoms with van der Waals surface area (Å²) >= 11 is 7.58. The number of halogens is 1. The second-order valence-corrected chi connectivity index (χ2v) is 9.76. The van der Waals surface area contributed by atoms with Gasteiger partial charge in [0, 0.05) is 54.0 Å². The normalized spacial score (nSPS) is 20.7. The molecule has 33 heavy (non-hydrogen) atoms. The number of allylic oxidation sites excluding steroid dienone is 2. The maximum absolute atomic E-state index is 13.3. The van der Waals surface area contributed by atoms with Crippen molar-refractivity contribution in [3.8, 4) is 0 Å². The highest BCUT2D eigenvalue weighted by Gasteiger charge is 2.32. The zero-order valence-electron chi connectivity index (χ0n) is 18.4. The number of hydrogen-bond acceptors (Lipinski definition) is 6. The Morgan fingerprint density at radius 3 is 2.58 bits per heavy atom. The number of carbonyl (C=O) groups is 2. The van der Waals surface area contributed by atoms with Gasteiger partial charge in [-0.15, -0.1) is 11.8 Å². The van der Waals surface area contributed by atoms with E-state index in [-0.39, 0.29) is 23.0 Å². The van der Waals surface area contributed by atoms with Gasteiger partial charge >= 0.3 is 0 Å². The lowest BCUT2D eigenvalue weighted by molar-refractivity contribution is -0.135. The smallest absolute Gasteiger partial charge is 0.238 e. The quantitative estimate of drug-likeness (QED) is 0.642. The molecule has 0 radical (unpaired) electrons. The van der Waals surface area contributed by atoms with E-state index in [9.17, 15) is 9.59 Å². The molecule has 7 nitrogen and oxygen atoms in total. The standard InChI is InChI=1S/C24H27ClN4O3S/c1-17-14-20(27-32-17)16-33-22-5-3-2-4-21(22)24(31)29-12-10-28(11-13-29)15-23(30)26-19-8-6-18(25)7-9-19/h2-9,14,21-22H,10-13,15-16H2,1H3,(H,26,30). The molecule has 2 aliphatic rings. The largest absolute Gasteiger partial charge is 0.361 e. The Morgan fingerprint density at radius 2 is 1.88 bits per heavy atom. The lowest BCUT2D eigenvalue weighted by atomic mass is 9.98. The minimum absolute atomic E-state index is 0.0580. The maximum atomic E-state index is 13.3. The van der Waals surface area contributed by atoms with Gasteiger partial charge in [0.2, 0.25) is 11.8 Å². The molecule has 0 saturated carbocycles. The number of nitrogens with one attached hydrogen (secondary N) is 1. The summed E-state index contributed by atoms with van der Waals surface area (Å²) in [6.07, 6.45) is 8.00. The van der Waals surface area contributed by atoms with Crippen LogP contribution in [0.1, 0.15) is 11.5 Å². The molecule has 2 heterocycles. The molecule has 0 spiro atoms. The van der Waals surface area contributed by atoms with Gasteiger partial charge < -0.3 is 14.7 Å². The van der Waals surface area contributed by atoms with E-state index in [1.807, 2.05) is 36.1 Å². The van der Waals surface area contributed by atoms with Crippen molar-refractivity contribution >= 4 is 40.9 Å². The van der Waals surface area contributed by atoms with Gasteiger partial charge in [0.25, 0.3) is 0 Å². The van der Waals surface area contributed by atoms with E-state index in [4.69, 9.17) is 16.1 Å². The van der Waals surface area contributed by atoms with Crippen molar-refractivity contribution < 1.29 is 14.1 Å². The van der Waals surface area contributed by atoms with Crippen LogP contribution < -0.4 is 5.32 Å². The lowest BCUT2D eigenvalue weighted by Gasteiger charge is -2.37. The van der Waals surface area contributed by atoms with E-state index >= 15 is 0 Å². The van der Waals surface area contributed by atoms with Crippen LogP contribution in [0.15, 0.2) is 59.2 Å². The predicted octanol–water partition coefficient (Wildman–Crippen LogP) is 3.76. The van der Waals surface area contributed by atoms with Gasteiger partial charge in [-0.05, 0) is 31.2 Å². The van der Waals surface area contributed by atoms with Crippen LogP contribution in [0.4, 0.5) is 5.69 Å². The summed E-state index contributed by atoms with van der Waals surface area (Å²) in [7, 11) is 0. The third-order valence-corrected chi connectivity index (χ3v) is 7.20. The van der Waals surface area contributed by atoms with Crippen molar-refractivity contribution in [2.45, 2.75) is 17.9 Å². The van der Waals surface area contributed by atoms with Crippen LogP contribution in [0.25, 0.3) is 0 Å². The molecule has 2 unspecified atom stereocenters.